The van der Waals surface area contributed by atoms with Crippen molar-refractivity contribution in [3.8, 4) is 5.69 Å². The lowest BCUT2D eigenvalue weighted by atomic mass is 10.2. The Hall–Kier alpha value is -3.19. The molecule has 0 atom stereocenters. The van der Waals surface area contributed by atoms with Crippen LogP contribution in [0.25, 0.3) is 5.69 Å². The van der Waals surface area contributed by atoms with Crippen molar-refractivity contribution in [2.45, 2.75) is 13.3 Å². The highest BCUT2D eigenvalue weighted by Gasteiger charge is 2.19. The number of benzene rings is 2. The number of carbonyl (C=O) groups is 1. The first-order valence-corrected chi connectivity index (χ1v) is 10.7. The quantitative estimate of drug-likeness (QED) is 0.595. The number of rotatable bonds is 7. The molecular weight excluding hydrogens is 393 g/mol. The third kappa shape index (κ3) is 5.11. The van der Waals surface area contributed by atoms with Gasteiger partial charge in [0.2, 0.25) is 0 Å². The Kier molecular flexibility index (Phi) is 6.62. The molecule has 0 spiro atoms. The average Bonchev–Trinajstić information content (AvgIpc) is 3.20. The lowest BCUT2D eigenvalue weighted by molar-refractivity contribution is 0.0943. The molecular formula is C24H28FN5O. The molecule has 1 saturated heterocycles. The number of hydrogen-bond donors (Lipinski definition) is 1. The molecule has 1 N–H and O–H groups in total. The van der Waals surface area contributed by atoms with Crippen LogP contribution in [-0.2, 0) is 0 Å². The van der Waals surface area contributed by atoms with Crippen LogP contribution in [0.4, 0.5) is 10.1 Å². The zero-order valence-electron chi connectivity index (χ0n) is 17.8. The molecule has 0 radical (unpaired) electrons. The zero-order chi connectivity index (χ0) is 21.6. The third-order valence-electron chi connectivity index (χ3n) is 5.57. The lowest BCUT2D eigenvalue weighted by Crippen LogP contribution is -2.47. The van der Waals surface area contributed by atoms with Crippen molar-refractivity contribution in [3.05, 3.63) is 77.9 Å². The van der Waals surface area contributed by atoms with Crippen molar-refractivity contribution in [1.29, 1.82) is 0 Å². The van der Waals surface area contributed by atoms with Crippen LogP contribution in [0.3, 0.4) is 0 Å². The van der Waals surface area contributed by atoms with Crippen LogP contribution in [0, 0.1) is 12.7 Å². The van der Waals surface area contributed by atoms with Gasteiger partial charge >= 0.3 is 0 Å². The van der Waals surface area contributed by atoms with Gasteiger partial charge in [0.15, 0.2) is 0 Å². The second-order valence-electron chi connectivity index (χ2n) is 7.81. The van der Waals surface area contributed by atoms with E-state index in [0.29, 0.717) is 17.9 Å². The maximum Gasteiger partial charge on any atom is 0.270 e. The molecule has 2 heterocycles. The predicted molar refractivity (Wildman–Crippen MR) is 120 cm³/mol. The molecule has 1 aliphatic rings. The summed E-state index contributed by atoms with van der Waals surface area (Å²) in [6, 6.07) is 18.4. The number of carbonyl (C=O) groups excluding carboxylic acids is 1. The Morgan fingerprint density at radius 3 is 2.48 bits per heavy atom. The van der Waals surface area contributed by atoms with Gasteiger partial charge in [-0.1, -0.05) is 30.3 Å². The molecule has 0 bridgehead atoms. The van der Waals surface area contributed by atoms with Crippen LogP contribution in [-0.4, -0.2) is 59.9 Å². The maximum atomic E-state index is 14.0. The molecule has 162 valence electrons. The van der Waals surface area contributed by atoms with Crippen molar-refractivity contribution in [1.82, 2.24) is 20.0 Å². The highest BCUT2D eigenvalue weighted by atomic mass is 19.1. The van der Waals surface area contributed by atoms with E-state index in [1.807, 2.05) is 55.5 Å². The third-order valence-corrected chi connectivity index (χ3v) is 5.57. The first-order valence-electron chi connectivity index (χ1n) is 10.7. The van der Waals surface area contributed by atoms with Gasteiger partial charge in [0.1, 0.15) is 11.5 Å². The standard InChI is InChI=1S/C24H28FN5O/c1-19-18-23(30(27-19)20-8-3-2-4-9-20)24(31)26-12-7-13-28-14-16-29(17-15-28)22-11-6-5-10-21(22)25/h2-6,8-11,18H,7,12-17H2,1H3,(H,26,31). The van der Waals surface area contributed by atoms with E-state index in [9.17, 15) is 9.18 Å². The van der Waals surface area contributed by atoms with Gasteiger partial charge in [0.25, 0.3) is 5.91 Å². The molecule has 1 aliphatic heterocycles. The van der Waals surface area contributed by atoms with Crippen molar-refractivity contribution in [2.75, 3.05) is 44.2 Å². The van der Waals surface area contributed by atoms with Gasteiger partial charge in [0.05, 0.1) is 17.1 Å². The number of aromatic nitrogens is 2. The van der Waals surface area contributed by atoms with Crippen molar-refractivity contribution in [2.24, 2.45) is 0 Å². The minimum atomic E-state index is -0.163. The smallest absolute Gasteiger partial charge is 0.270 e. The lowest BCUT2D eigenvalue weighted by Gasteiger charge is -2.36. The SMILES string of the molecule is Cc1cc(C(=O)NCCCN2CCN(c3ccccc3F)CC2)n(-c2ccccc2)n1. The molecule has 31 heavy (non-hydrogen) atoms. The summed E-state index contributed by atoms with van der Waals surface area (Å²) in [5.74, 6) is -0.280. The summed E-state index contributed by atoms with van der Waals surface area (Å²) < 4.78 is 15.7. The number of amides is 1. The molecule has 4 rings (SSSR count). The van der Waals surface area contributed by atoms with E-state index in [1.54, 1.807) is 10.7 Å². The van der Waals surface area contributed by atoms with E-state index in [-0.39, 0.29) is 11.7 Å². The van der Waals surface area contributed by atoms with Gasteiger partial charge in [-0.15, -0.1) is 0 Å². The fraction of sp³-hybridized carbons (Fsp3) is 0.333. The summed E-state index contributed by atoms with van der Waals surface area (Å²) in [5, 5.41) is 7.48. The number of halogens is 1. The topological polar surface area (TPSA) is 53.4 Å². The number of aryl methyl sites for hydroxylation is 1. The van der Waals surface area contributed by atoms with Gasteiger partial charge in [-0.2, -0.15) is 5.10 Å². The number of nitrogens with one attached hydrogen (secondary N) is 1. The number of para-hydroxylation sites is 2. The van der Waals surface area contributed by atoms with Crippen LogP contribution in [0.2, 0.25) is 0 Å². The van der Waals surface area contributed by atoms with Crippen LogP contribution in [0.1, 0.15) is 22.6 Å². The molecule has 6 nitrogen and oxygen atoms in total. The summed E-state index contributed by atoms with van der Waals surface area (Å²) in [6.45, 7) is 6.79. The molecule has 7 heteroatoms. The van der Waals surface area contributed by atoms with Crippen molar-refractivity contribution < 1.29 is 9.18 Å². The fourth-order valence-corrected chi connectivity index (χ4v) is 3.94. The number of nitrogens with zero attached hydrogens (tertiary/aromatic N) is 4. The van der Waals surface area contributed by atoms with Crippen LogP contribution in [0.15, 0.2) is 60.7 Å². The van der Waals surface area contributed by atoms with E-state index in [2.05, 4.69) is 20.2 Å². The van der Waals surface area contributed by atoms with Crippen LogP contribution < -0.4 is 10.2 Å². The summed E-state index contributed by atoms with van der Waals surface area (Å²) in [5.41, 5.74) is 2.90. The number of hydrogen-bond acceptors (Lipinski definition) is 4. The molecule has 1 fully saturated rings. The Labute approximate surface area is 182 Å². The molecule has 0 aliphatic carbocycles. The molecule has 1 amide bonds. The van der Waals surface area contributed by atoms with Gasteiger partial charge in [-0.25, -0.2) is 9.07 Å². The largest absolute Gasteiger partial charge is 0.367 e. The first-order chi connectivity index (χ1) is 15.1. The summed E-state index contributed by atoms with van der Waals surface area (Å²) in [4.78, 5) is 17.2. The molecule has 1 aromatic heterocycles. The second-order valence-corrected chi connectivity index (χ2v) is 7.81. The zero-order valence-corrected chi connectivity index (χ0v) is 17.8. The Morgan fingerprint density at radius 1 is 1.03 bits per heavy atom. The minimum Gasteiger partial charge on any atom is -0.367 e. The van der Waals surface area contributed by atoms with Crippen molar-refractivity contribution >= 4 is 11.6 Å². The number of anilines is 1. The maximum absolute atomic E-state index is 14.0. The van der Waals surface area contributed by atoms with E-state index in [0.717, 1.165) is 50.5 Å². The highest BCUT2D eigenvalue weighted by molar-refractivity contribution is 5.93. The molecule has 0 unspecified atom stereocenters. The predicted octanol–water partition coefficient (Wildman–Crippen LogP) is 3.26. The Bertz CT molecular complexity index is 1010. The van der Waals surface area contributed by atoms with Crippen LogP contribution in [0.5, 0.6) is 0 Å². The van der Waals surface area contributed by atoms with E-state index >= 15 is 0 Å². The van der Waals surface area contributed by atoms with Gasteiger partial charge in [-0.05, 0) is 50.2 Å². The first kappa shape index (κ1) is 21.1. The second kappa shape index (κ2) is 9.75. The fourth-order valence-electron chi connectivity index (χ4n) is 3.94. The molecule has 3 aromatic rings. The van der Waals surface area contributed by atoms with E-state index in [4.69, 9.17) is 0 Å². The van der Waals surface area contributed by atoms with Crippen molar-refractivity contribution in [3.63, 3.8) is 0 Å². The van der Waals surface area contributed by atoms with Gasteiger partial charge in [-0.3, -0.25) is 9.69 Å². The number of piperazine rings is 1. The molecule has 2 aromatic carbocycles. The monoisotopic (exact) mass is 421 g/mol. The average molecular weight is 422 g/mol. The van der Waals surface area contributed by atoms with Crippen LogP contribution >= 0.6 is 0 Å². The molecule has 0 saturated carbocycles. The van der Waals surface area contributed by atoms with Gasteiger partial charge in [0, 0.05) is 32.7 Å². The summed E-state index contributed by atoms with van der Waals surface area (Å²) in [7, 11) is 0. The Balaban J connectivity index is 1.23. The Morgan fingerprint density at radius 2 is 1.74 bits per heavy atom. The normalized spacial score (nSPS) is 14.6. The van der Waals surface area contributed by atoms with Gasteiger partial charge < -0.3 is 10.2 Å². The summed E-state index contributed by atoms with van der Waals surface area (Å²) >= 11 is 0. The van der Waals surface area contributed by atoms with E-state index in [1.165, 1.54) is 6.07 Å². The summed E-state index contributed by atoms with van der Waals surface area (Å²) in [6.07, 6.45) is 0.865. The van der Waals surface area contributed by atoms with E-state index < -0.39 is 0 Å². The highest BCUT2D eigenvalue weighted by Crippen LogP contribution is 2.20. The minimum absolute atomic E-state index is 0.117.